The Morgan fingerprint density at radius 1 is 1.00 bits per heavy atom. The normalized spacial score (nSPS) is 11.0. The largest absolute Gasteiger partial charge is 0.453 e. The Balaban J connectivity index is 0.00000841. The molecule has 0 heterocycles. The molecule has 9 nitrogen and oxygen atoms in total. The van der Waals surface area contributed by atoms with Gasteiger partial charge in [0.15, 0.2) is 5.96 Å². The van der Waals surface area contributed by atoms with Gasteiger partial charge in [0.1, 0.15) is 5.60 Å². The molecule has 0 unspecified atom stereocenters. The van der Waals surface area contributed by atoms with E-state index in [0.717, 1.165) is 18.5 Å². The lowest BCUT2D eigenvalue weighted by Gasteiger charge is -2.19. The Labute approximate surface area is 195 Å². The van der Waals surface area contributed by atoms with Crippen LogP contribution in [0.3, 0.4) is 0 Å². The first-order chi connectivity index (χ1) is 13.7. The number of ether oxygens (including phenoxy) is 2. The van der Waals surface area contributed by atoms with E-state index in [2.05, 4.69) is 31.0 Å². The zero-order valence-corrected chi connectivity index (χ0v) is 20.7. The van der Waals surface area contributed by atoms with Crippen LogP contribution in [0.4, 0.5) is 15.3 Å². The number of benzene rings is 1. The summed E-state index contributed by atoms with van der Waals surface area (Å²) in [6, 6.07) is 7.38. The average molecular weight is 535 g/mol. The molecule has 0 aliphatic rings. The number of halogens is 1. The number of alkyl carbamates (subject to hydrolysis) is 1. The van der Waals surface area contributed by atoms with Crippen LogP contribution in [0.15, 0.2) is 29.3 Å². The number of carbonyl (C=O) groups is 2. The molecule has 170 valence electrons. The first kappa shape index (κ1) is 27.8. The van der Waals surface area contributed by atoms with Gasteiger partial charge in [-0.15, -0.1) is 24.0 Å². The Kier molecular flexibility index (Phi) is 13.6. The van der Waals surface area contributed by atoms with Crippen molar-refractivity contribution < 1.29 is 19.1 Å². The zero-order valence-electron chi connectivity index (χ0n) is 18.3. The minimum absolute atomic E-state index is 0. The van der Waals surface area contributed by atoms with E-state index in [1.165, 1.54) is 7.11 Å². The van der Waals surface area contributed by atoms with Crippen molar-refractivity contribution in [2.75, 3.05) is 32.1 Å². The topological polar surface area (TPSA) is 113 Å². The molecule has 0 atom stereocenters. The van der Waals surface area contributed by atoms with Gasteiger partial charge in [-0.25, -0.2) is 14.6 Å². The maximum atomic E-state index is 11.6. The third-order valence-corrected chi connectivity index (χ3v) is 3.46. The fourth-order valence-electron chi connectivity index (χ4n) is 2.17. The molecular formula is C20H34IN5O4. The second-order valence-corrected chi connectivity index (χ2v) is 7.22. The van der Waals surface area contributed by atoms with Gasteiger partial charge in [0.05, 0.1) is 13.7 Å². The number of nitrogens with zero attached hydrogens (tertiary/aromatic N) is 1. The molecule has 1 aromatic rings. The van der Waals surface area contributed by atoms with E-state index in [-0.39, 0.29) is 24.0 Å². The van der Waals surface area contributed by atoms with Gasteiger partial charge in [-0.3, -0.25) is 5.32 Å². The van der Waals surface area contributed by atoms with E-state index < -0.39 is 17.8 Å². The highest BCUT2D eigenvalue weighted by molar-refractivity contribution is 14.0. The maximum absolute atomic E-state index is 11.6. The van der Waals surface area contributed by atoms with E-state index in [9.17, 15) is 9.59 Å². The third-order valence-electron chi connectivity index (χ3n) is 3.46. The summed E-state index contributed by atoms with van der Waals surface area (Å²) < 4.78 is 9.75. The van der Waals surface area contributed by atoms with E-state index in [4.69, 9.17) is 4.74 Å². The van der Waals surface area contributed by atoms with Crippen LogP contribution in [0.5, 0.6) is 0 Å². The fourth-order valence-corrected chi connectivity index (χ4v) is 2.17. The molecule has 0 fully saturated rings. The highest BCUT2D eigenvalue weighted by atomic mass is 127. The van der Waals surface area contributed by atoms with Crippen molar-refractivity contribution in [2.45, 2.75) is 46.3 Å². The fraction of sp³-hybridized carbons (Fsp3) is 0.550. The van der Waals surface area contributed by atoms with Crippen LogP contribution in [0.1, 0.15) is 39.7 Å². The van der Waals surface area contributed by atoms with Gasteiger partial charge < -0.3 is 25.4 Å². The number of hydrogen-bond donors (Lipinski definition) is 4. The SMILES string of the molecule is CCNC(=NCc1ccc(NC(=O)OC)cc1)NCCCNC(=O)OC(C)(C)C.I. The van der Waals surface area contributed by atoms with Gasteiger partial charge in [0, 0.05) is 25.3 Å². The molecule has 1 aromatic carbocycles. The molecule has 0 aliphatic heterocycles. The molecule has 1 rings (SSSR count). The van der Waals surface area contributed by atoms with Crippen molar-refractivity contribution in [1.29, 1.82) is 0 Å². The predicted molar refractivity (Wildman–Crippen MR) is 130 cm³/mol. The average Bonchev–Trinajstić information content (AvgIpc) is 2.65. The minimum atomic E-state index is -0.504. The van der Waals surface area contributed by atoms with Crippen molar-refractivity contribution in [1.82, 2.24) is 16.0 Å². The number of guanidine groups is 1. The number of anilines is 1. The van der Waals surface area contributed by atoms with Gasteiger partial charge >= 0.3 is 12.2 Å². The number of hydrogen-bond acceptors (Lipinski definition) is 5. The minimum Gasteiger partial charge on any atom is -0.453 e. The second-order valence-electron chi connectivity index (χ2n) is 7.22. The summed E-state index contributed by atoms with van der Waals surface area (Å²) in [5.41, 5.74) is 1.16. The summed E-state index contributed by atoms with van der Waals surface area (Å²) in [4.78, 5) is 27.3. The lowest BCUT2D eigenvalue weighted by molar-refractivity contribution is 0.0527. The highest BCUT2D eigenvalue weighted by Gasteiger charge is 2.15. The molecule has 10 heteroatoms. The summed E-state index contributed by atoms with van der Waals surface area (Å²) in [7, 11) is 1.32. The Bertz CT molecular complexity index is 675. The number of nitrogens with one attached hydrogen (secondary N) is 4. The Morgan fingerprint density at radius 2 is 1.63 bits per heavy atom. The van der Waals surface area contributed by atoms with Crippen molar-refractivity contribution in [2.24, 2.45) is 4.99 Å². The van der Waals surface area contributed by atoms with Gasteiger partial charge in [-0.2, -0.15) is 0 Å². The van der Waals surface area contributed by atoms with Crippen LogP contribution in [-0.2, 0) is 16.0 Å². The molecule has 0 aliphatic carbocycles. The molecule has 4 N–H and O–H groups in total. The first-order valence-corrected chi connectivity index (χ1v) is 9.66. The van der Waals surface area contributed by atoms with Crippen molar-refractivity contribution in [3.8, 4) is 0 Å². The molecule has 2 amide bonds. The first-order valence-electron chi connectivity index (χ1n) is 9.66. The van der Waals surface area contributed by atoms with Crippen LogP contribution in [0, 0.1) is 0 Å². The predicted octanol–water partition coefficient (Wildman–Crippen LogP) is 3.45. The second kappa shape index (κ2) is 14.7. The third kappa shape index (κ3) is 13.1. The van der Waals surface area contributed by atoms with E-state index in [0.29, 0.717) is 31.3 Å². The maximum Gasteiger partial charge on any atom is 0.411 e. The van der Waals surface area contributed by atoms with Crippen molar-refractivity contribution in [3.05, 3.63) is 29.8 Å². The summed E-state index contributed by atoms with van der Waals surface area (Å²) in [5, 5.41) is 11.7. The van der Waals surface area contributed by atoms with E-state index in [1.807, 2.05) is 39.8 Å². The summed E-state index contributed by atoms with van der Waals surface area (Å²) in [6.45, 7) is 9.88. The van der Waals surface area contributed by atoms with Crippen LogP contribution >= 0.6 is 24.0 Å². The van der Waals surface area contributed by atoms with Gasteiger partial charge in [0.25, 0.3) is 0 Å². The lowest BCUT2D eigenvalue weighted by Crippen LogP contribution is -2.39. The molecule has 0 spiro atoms. The lowest BCUT2D eigenvalue weighted by atomic mass is 10.2. The number of aliphatic imine (C=N–C) groups is 1. The number of rotatable bonds is 8. The molecule has 0 aromatic heterocycles. The number of methoxy groups -OCH3 is 1. The van der Waals surface area contributed by atoms with Crippen LogP contribution < -0.4 is 21.3 Å². The highest BCUT2D eigenvalue weighted by Crippen LogP contribution is 2.10. The smallest absolute Gasteiger partial charge is 0.411 e. The van der Waals surface area contributed by atoms with E-state index in [1.54, 1.807) is 12.1 Å². The van der Waals surface area contributed by atoms with E-state index >= 15 is 0 Å². The van der Waals surface area contributed by atoms with Crippen molar-refractivity contribution in [3.63, 3.8) is 0 Å². The standard InChI is InChI=1S/C20H33N5O4.HI/c1-6-21-17(22-12-7-13-23-18(26)29-20(2,3)4)24-14-15-8-10-16(11-9-15)25-19(27)28-5;/h8-11H,6-7,12-14H2,1-5H3,(H,23,26)(H,25,27)(H2,21,22,24);1H. The molecular weight excluding hydrogens is 501 g/mol. The number of amides is 2. The van der Waals surface area contributed by atoms with Gasteiger partial charge in [-0.1, -0.05) is 12.1 Å². The van der Waals surface area contributed by atoms with Crippen molar-refractivity contribution >= 4 is 47.8 Å². The van der Waals surface area contributed by atoms with Gasteiger partial charge in [0.2, 0.25) is 0 Å². The molecule has 0 saturated carbocycles. The van der Waals surface area contributed by atoms with Gasteiger partial charge in [-0.05, 0) is 51.8 Å². The molecule has 30 heavy (non-hydrogen) atoms. The zero-order chi connectivity index (χ0) is 21.7. The monoisotopic (exact) mass is 535 g/mol. The summed E-state index contributed by atoms with van der Waals surface area (Å²) in [6.07, 6.45) is -0.184. The van der Waals surface area contributed by atoms with Crippen LogP contribution in [-0.4, -0.2) is 50.5 Å². The molecule has 0 saturated heterocycles. The molecule has 0 radical (unpaired) electrons. The quantitative estimate of drug-likeness (QED) is 0.176. The van der Waals surface area contributed by atoms with Crippen LogP contribution in [0.2, 0.25) is 0 Å². The van der Waals surface area contributed by atoms with Crippen LogP contribution in [0.25, 0.3) is 0 Å². The summed E-state index contributed by atoms with van der Waals surface area (Å²) in [5.74, 6) is 0.696. The number of carbonyl (C=O) groups excluding carboxylic acids is 2. The Hall–Kier alpha value is -2.24. The Morgan fingerprint density at radius 3 is 2.20 bits per heavy atom. The molecule has 0 bridgehead atoms. The summed E-state index contributed by atoms with van der Waals surface area (Å²) >= 11 is 0.